The van der Waals surface area contributed by atoms with Crippen LogP contribution in [0, 0.1) is 0 Å². The van der Waals surface area contributed by atoms with Crippen molar-refractivity contribution < 1.29 is 4.74 Å². The minimum absolute atomic E-state index is 0.474. The Balaban J connectivity index is 2.18. The first-order chi connectivity index (χ1) is 7.90. The molecule has 3 heteroatoms. The first-order valence-electron chi connectivity index (χ1n) is 5.93. The van der Waals surface area contributed by atoms with E-state index >= 15 is 0 Å². The average Bonchev–Trinajstić information content (AvgIpc) is 2.94. The molecular formula is C13H16N2O. The number of para-hydroxylation sites is 2. The van der Waals surface area contributed by atoms with Crippen molar-refractivity contribution in [2.24, 2.45) is 0 Å². The molecule has 1 aliphatic rings. The molecule has 0 bridgehead atoms. The summed E-state index contributed by atoms with van der Waals surface area (Å²) in [7, 11) is 0. The largest absolute Gasteiger partial charge is 0.379 e. The second kappa shape index (κ2) is 3.91. The summed E-state index contributed by atoms with van der Waals surface area (Å²) in [6.07, 6.45) is 2.08. The molecular weight excluding hydrogens is 200 g/mol. The zero-order valence-corrected chi connectivity index (χ0v) is 9.52. The molecule has 84 valence electrons. The van der Waals surface area contributed by atoms with E-state index in [4.69, 9.17) is 4.74 Å². The van der Waals surface area contributed by atoms with Gasteiger partial charge in [-0.25, -0.2) is 4.98 Å². The van der Waals surface area contributed by atoms with Gasteiger partial charge in [0.1, 0.15) is 5.82 Å². The fourth-order valence-corrected chi connectivity index (χ4v) is 2.48. The van der Waals surface area contributed by atoms with Gasteiger partial charge in [-0.1, -0.05) is 19.1 Å². The van der Waals surface area contributed by atoms with E-state index in [1.165, 1.54) is 11.3 Å². The Labute approximate surface area is 95.0 Å². The number of hydrogen-bond donors (Lipinski definition) is 0. The van der Waals surface area contributed by atoms with Gasteiger partial charge in [0.15, 0.2) is 0 Å². The summed E-state index contributed by atoms with van der Waals surface area (Å²) in [5.41, 5.74) is 2.35. The third-order valence-corrected chi connectivity index (χ3v) is 3.26. The zero-order chi connectivity index (χ0) is 11.0. The number of benzene rings is 1. The average molecular weight is 216 g/mol. The summed E-state index contributed by atoms with van der Waals surface area (Å²) in [6, 6.07) is 8.84. The Morgan fingerprint density at radius 1 is 1.44 bits per heavy atom. The van der Waals surface area contributed by atoms with Crippen molar-refractivity contribution >= 4 is 11.0 Å². The van der Waals surface area contributed by atoms with E-state index in [0.717, 1.165) is 31.6 Å². The molecule has 3 rings (SSSR count). The Kier molecular flexibility index (Phi) is 2.40. The lowest BCUT2D eigenvalue weighted by molar-refractivity contribution is 0.186. The molecule has 0 amide bonds. The molecule has 1 atom stereocenters. The highest BCUT2D eigenvalue weighted by Crippen LogP contribution is 2.26. The van der Waals surface area contributed by atoms with Crippen molar-refractivity contribution in [2.75, 3.05) is 13.2 Å². The van der Waals surface area contributed by atoms with E-state index in [2.05, 4.69) is 34.7 Å². The van der Waals surface area contributed by atoms with Gasteiger partial charge in [-0.2, -0.15) is 0 Å². The summed E-state index contributed by atoms with van der Waals surface area (Å²) in [6.45, 7) is 3.86. The van der Waals surface area contributed by atoms with E-state index in [-0.39, 0.29) is 0 Å². The third-order valence-electron chi connectivity index (χ3n) is 3.26. The van der Waals surface area contributed by atoms with Crippen LogP contribution in [0.25, 0.3) is 11.0 Å². The van der Waals surface area contributed by atoms with Crippen LogP contribution >= 0.6 is 0 Å². The van der Waals surface area contributed by atoms with E-state index in [9.17, 15) is 0 Å². The van der Waals surface area contributed by atoms with Crippen molar-refractivity contribution in [3.63, 3.8) is 0 Å². The van der Waals surface area contributed by atoms with Crippen molar-refractivity contribution in [2.45, 2.75) is 25.8 Å². The lowest BCUT2D eigenvalue weighted by atomic mass is 10.2. The fraction of sp³-hybridized carbons (Fsp3) is 0.462. The Hall–Kier alpha value is -1.35. The summed E-state index contributed by atoms with van der Waals surface area (Å²) in [4.78, 5) is 4.68. The van der Waals surface area contributed by atoms with Crippen LogP contribution in [-0.4, -0.2) is 22.8 Å². The maximum atomic E-state index is 5.48. The van der Waals surface area contributed by atoms with E-state index in [1.807, 2.05) is 6.07 Å². The second-order valence-corrected chi connectivity index (χ2v) is 4.26. The SMILES string of the molecule is CCc1nc2ccccc2n1C1CCOC1. The molecule has 3 nitrogen and oxygen atoms in total. The maximum Gasteiger partial charge on any atom is 0.109 e. The predicted molar refractivity (Wildman–Crippen MR) is 63.6 cm³/mol. The fourth-order valence-electron chi connectivity index (χ4n) is 2.48. The molecule has 1 fully saturated rings. The summed E-state index contributed by atoms with van der Waals surface area (Å²) in [5, 5.41) is 0. The van der Waals surface area contributed by atoms with Crippen LogP contribution in [0.4, 0.5) is 0 Å². The van der Waals surface area contributed by atoms with Gasteiger partial charge in [0.2, 0.25) is 0 Å². The standard InChI is InChI=1S/C13H16N2O/c1-2-13-14-11-5-3-4-6-12(11)15(13)10-7-8-16-9-10/h3-6,10H,2,7-9H2,1H3. The molecule has 0 N–H and O–H groups in total. The number of imidazole rings is 1. The smallest absolute Gasteiger partial charge is 0.109 e. The molecule has 2 aromatic rings. The first-order valence-corrected chi connectivity index (χ1v) is 5.93. The normalized spacial score (nSPS) is 20.7. The molecule has 2 heterocycles. The van der Waals surface area contributed by atoms with Gasteiger partial charge in [0.05, 0.1) is 23.7 Å². The van der Waals surface area contributed by atoms with Crippen molar-refractivity contribution in [1.29, 1.82) is 0 Å². The second-order valence-electron chi connectivity index (χ2n) is 4.26. The lowest BCUT2D eigenvalue weighted by Gasteiger charge is -2.14. The summed E-state index contributed by atoms with van der Waals surface area (Å²) < 4.78 is 7.84. The lowest BCUT2D eigenvalue weighted by Crippen LogP contribution is -2.11. The molecule has 1 aliphatic heterocycles. The molecule has 1 aromatic heterocycles. The highest BCUT2D eigenvalue weighted by molar-refractivity contribution is 5.76. The summed E-state index contributed by atoms with van der Waals surface area (Å²) in [5.74, 6) is 1.18. The number of aromatic nitrogens is 2. The maximum absolute atomic E-state index is 5.48. The molecule has 0 spiro atoms. The monoisotopic (exact) mass is 216 g/mol. The van der Waals surface area contributed by atoms with Crippen molar-refractivity contribution in [3.8, 4) is 0 Å². The predicted octanol–water partition coefficient (Wildman–Crippen LogP) is 2.56. The zero-order valence-electron chi connectivity index (χ0n) is 9.52. The number of rotatable bonds is 2. The van der Waals surface area contributed by atoms with Crippen LogP contribution in [0.1, 0.15) is 25.2 Å². The topological polar surface area (TPSA) is 27.1 Å². The molecule has 1 aromatic carbocycles. The molecule has 0 aliphatic carbocycles. The van der Waals surface area contributed by atoms with Crippen molar-refractivity contribution in [3.05, 3.63) is 30.1 Å². The number of aryl methyl sites for hydroxylation is 1. The number of nitrogens with zero attached hydrogens (tertiary/aromatic N) is 2. The highest BCUT2D eigenvalue weighted by Gasteiger charge is 2.22. The Morgan fingerprint density at radius 2 is 2.31 bits per heavy atom. The third kappa shape index (κ3) is 1.43. The Morgan fingerprint density at radius 3 is 3.06 bits per heavy atom. The minimum atomic E-state index is 0.474. The van der Waals surface area contributed by atoms with Crippen LogP contribution in [0.5, 0.6) is 0 Å². The number of fused-ring (bicyclic) bond motifs is 1. The minimum Gasteiger partial charge on any atom is -0.379 e. The molecule has 1 unspecified atom stereocenters. The van der Waals surface area contributed by atoms with Gasteiger partial charge in [-0.3, -0.25) is 0 Å². The van der Waals surface area contributed by atoms with Gasteiger partial charge in [0, 0.05) is 13.0 Å². The highest BCUT2D eigenvalue weighted by atomic mass is 16.5. The van der Waals surface area contributed by atoms with Gasteiger partial charge in [-0.05, 0) is 18.6 Å². The van der Waals surface area contributed by atoms with Crippen LogP contribution in [-0.2, 0) is 11.2 Å². The summed E-state index contributed by atoms with van der Waals surface area (Å²) >= 11 is 0. The van der Waals surface area contributed by atoms with Gasteiger partial charge >= 0.3 is 0 Å². The van der Waals surface area contributed by atoms with Gasteiger partial charge < -0.3 is 9.30 Å². The van der Waals surface area contributed by atoms with Gasteiger partial charge in [-0.15, -0.1) is 0 Å². The van der Waals surface area contributed by atoms with E-state index in [1.54, 1.807) is 0 Å². The molecule has 16 heavy (non-hydrogen) atoms. The number of ether oxygens (including phenoxy) is 1. The molecule has 0 saturated carbocycles. The first kappa shape index (κ1) is 9.85. The van der Waals surface area contributed by atoms with Gasteiger partial charge in [0.25, 0.3) is 0 Å². The van der Waals surface area contributed by atoms with E-state index < -0.39 is 0 Å². The van der Waals surface area contributed by atoms with Crippen LogP contribution in [0.3, 0.4) is 0 Å². The van der Waals surface area contributed by atoms with Crippen LogP contribution in [0.2, 0.25) is 0 Å². The van der Waals surface area contributed by atoms with Crippen LogP contribution in [0.15, 0.2) is 24.3 Å². The Bertz CT molecular complexity index is 498. The van der Waals surface area contributed by atoms with Crippen LogP contribution < -0.4 is 0 Å². The number of hydrogen-bond acceptors (Lipinski definition) is 2. The molecule has 0 radical (unpaired) electrons. The molecule has 1 saturated heterocycles. The quantitative estimate of drug-likeness (QED) is 0.771. The van der Waals surface area contributed by atoms with Crippen molar-refractivity contribution in [1.82, 2.24) is 9.55 Å². The van der Waals surface area contributed by atoms with E-state index in [0.29, 0.717) is 6.04 Å².